The lowest BCUT2D eigenvalue weighted by atomic mass is 9.34. The third-order valence-electron chi connectivity index (χ3n) is 8.91. The van der Waals surface area contributed by atoms with Crippen molar-refractivity contribution in [2.75, 3.05) is 26.9 Å². The van der Waals surface area contributed by atoms with Gasteiger partial charge in [-0.25, -0.2) is 8.78 Å². The highest BCUT2D eigenvalue weighted by Gasteiger charge is 2.69. The number of amides is 1. The zero-order valence-corrected chi connectivity index (χ0v) is 24.7. The van der Waals surface area contributed by atoms with E-state index in [2.05, 4.69) is 23.1 Å². The zero-order valence-electron chi connectivity index (χ0n) is 23.9. The molecule has 8 rings (SSSR count). The summed E-state index contributed by atoms with van der Waals surface area (Å²) in [7, 11) is 3.45. The molecule has 3 fully saturated rings. The molecule has 0 spiro atoms. The second kappa shape index (κ2) is 10.2. The molecule has 43 heavy (non-hydrogen) atoms. The van der Waals surface area contributed by atoms with E-state index in [4.69, 9.17) is 14.5 Å². The topological polar surface area (TPSA) is 78.3 Å². The van der Waals surface area contributed by atoms with Crippen molar-refractivity contribution in [3.05, 3.63) is 78.0 Å². The van der Waals surface area contributed by atoms with Crippen LogP contribution in [0.5, 0.6) is 5.75 Å². The van der Waals surface area contributed by atoms with Crippen LogP contribution in [-0.4, -0.2) is 47.5 Å². The van der Waals surface area contributed by atoms with Crippen molar-refractivity contribution in [2.24, 2.45) is 12.5 Å². The SMILES string of the molecule is C=CC(=O)NCC12CC(c3nc(-c4ccc5c(cnn5C)c4)c4ccsc4c3-c3c(F)cc(F)cc3OCCOC)(C1)C2. The van der Waals surface area contributed by atoms with E-state index < -0.39 is 11.6 Å². The summed E-state index contributed by atoms with van der Waals surface area (Å²) in [5.41, 5.74) is 4.06. The molecular weight excluding hydrogens is 570 g/mol. The molecule has 7 nitrogen and oxygen atoms in total. The number of carbonyl (C=O) groups is 1. The Balaban J connectivity index is 1.42. The van der Waals surface area contributed by atoms with Gasteiger partial charge in [-0.15, -0.1) is 11.3 Å². The molecule has 0 unspecified atom stereocenters. The van der Waals surface area contributed by atoms with Crippen molar-refractivity contribution in [1.29, 1.82) is 0 Å². The minimum Gasteiger partial charge on any atom is -0.490 e. The molecular formula is C33H30F2N4O3S. The number of aromatic nitrogens is 3. The second-order valence-electron chi connectivity index (χ2n) is 11.7. The molecule has 3 saturated carbocycles. The minimum atomic E-state index is -0.713. The Morgan fingerprint density at radius 2 is 1.98 bits per heavy atom. The minimum absolute atomic E-state index is 0.0318. The van der Waals surface area contributed by atoms with Gasteiger partial charge in [-0.05, 0) is 54.3 Å². The van der Waals surface area contributed by atoms with Crippen molar-refractivity contribution in [3.63, 3.8) is 0 Å². The van der Waals surface area contributed by atoms with Gasteiger partial charge in [0, 0.05) is 64.8 Å². The number of ether oxygens (including phenoxy) is 2. The second-order valence-corrected chi connectivity index (χ2v) is 12.6. The Bertz CT molecular complexity index is 1910. The number of pyridine rings is 1. The smallest absolute Gasteiger partial charge is 0.243 e. The Labute approximate surface area is 251 Å². The lowest BCUT2D eigenvalue weighted by molar-refractivity contribution is -0.144. The Hall–Kier alpha value is -4.15. The summed E-state index contributed by atoms with van der Waals surface area (Å²) in [6.07, 6.45) is 5.52. The number of halogens is 2. The van der Waals surface area contributed by atoms with Crippen LogP contribution in [0.1, 0.15) is 25.0 Å². The molecule has 220 valence electrons. The van der Waals surface area contributed by atoms with Crippen LogP contribution in [0.25, 0.3) is 43.4 Å². The van der Waals surface area contributed by atoms with Gasteiger partial charge in [0.25, 0.3) is 0 Å². The summed E-state index contributed by atoms with van der Waals surface area (Å²) in [6, 6.07) is 10.3. The molecule has 3 aliphatic rings. The van der Waals surface area contributed by atoms with Crippen molar-refractivity contribution in [2.45, 2.75) is 24.7 Å². The van der Waals surface area contributed by atoms with E-state index in [1.807, 2.05) is 41.5 Å². The van der Waals surface area contributed by atoms with Crippen LogP contribution in [0, 0.1) is 17.0 Å². The maximum absolute atomic E-state index is 15.9. The quantitative estimate of drug-likeness (QED) is 0.145. The first-order valence-electron chi connectivity index (χ1n) is 14.1. The number of hydrogen-bond acceptors (Lipinski definition) is 6. The van der Waals surface area contributed by atoms with Crippen LogP contribution < -0.4 is 10.1 Å². The van der Waals surface area contributed by atoms with E-state index >= 15 is 4.39 Å². The van der Waals surface area contributed by atoms with Crippen LogP contribution >= 0.6 is 11.3 Å². The predicted octanol–water partition coefficient (Wildman–Crippen LogP) is 6.54. The van der Waals surface area contributed by atoms with E-state index in [0.29, 0.717) is 12.1 Å². The van der Waals surface area contributed by atoms with Gasteiger partial charge in [-0.1, -0.05) is 12.6 Å². The number of nitrogens with zero attached hydrogens (tertiary/aromatic N) is 3. The first-order chi connectivity index (χ1) is 20.8. The Morgan fingerprint density at radius 3 is 2.74 bits per heavy atom. The molecule has 5 aromatic rings. The molecule has 3 heterocycles. The Kier molecular flexibility index (Phi) is 6.59. The molecule has 3 aliphatic carbocycles. The predicted molar refractivity (Wildman–Crippen MR) is 163 cm³/mol. The molecule has 2 aromatic carbocycles. The van der Waals surface area contributed by atoms with Crippen molar-refractivity contribution in [1.82, 2.24) is 20.1 Å². The van der Waals surface area contributed by atoms with E-state index in [1.54, 1.807) is 7.11 Å². The van der Waals surface area contributed by atoms with Crippen molar-refractivity contribution < 1.29 is 23.0 Å². The van der Waals surface area contributed by atoms with Gasteiger partial charge >= 0.3 is 0 Å². The molecule has 0 saturated heterocycles. The number of aryl methyl sites for hydroxylation is 1. The summed E-state index contributed by atoms with van der Waals surface area (Å²) in [5.74, 6) is -1.49. The fourth-order valence-corrected chi connectivity index (χ4v) is 8.04. The van der Waals surface area contributed by atoms with E-state index in [0.717, 1.165) is 63.3 Å². The summed E-state index contributed by atoms with van der Waals surface area (Å²) >= 11 is 1.51. The van der Waals surface area contributed by atoms with Gasteiger partial charge in [-0.3, -0.25) is 14.5 Å². The molecule has 0 aliphatic heterocycles. The molecule has 3 aromatic heterocycles. The molecule has 1 N–H and O–H groups in total. The van der Waals surface area contributed by atoms with E-state index in [1.165, 1.54) is 23.5 Å². The highest BCUT2D eigenvalue weighted by atomic mass is 32.1. The lowest BCUT2D eigenvalue weighted by Gasteiger charge is -2.71. The zero-order chi connectivity index (χ0) is 29.9. The number of rotatable bonds is 10. The monoisotopic (exact) mass is 600 g/mol. The van der Waals surface area contributed by atoms with Gasteiger partial charge < -0.3 is 14.8 Å². The maximum Gasteiger partial charge on any atom is 0.243 e. The normalized spacial score (nSPS) is 20.6. The third kappa shape index (κ3) is 4.42. The highest BCUT2D eigenvalue weighted by Crippen LogP contribution is 2.74. The van der Waals surface area contributed by atoms with Crippen molar-refractivity contribution in [3.8, 4) is 28.1 Å². The lowest BCUT2D eigenvalue weighted by Crippen LogP contribution is -2.68. The highest BCUT2D eigenvalue weighted by molar-refractivity contribution is 7.17. The molecule has 2 bridgehead atoms. The average molecular weight is 601 g/mol. The number of hydrogen-bond donors (Lipinski definition) is 1. The maximum atomic E-state index is 15.9. The van der Waals surface area contributed by atoms with Crippen LogP contribution in [0.3, 0.4) is 0 Å². The van der Waals surface area contributed by atoms with E-state index in [9.17, 15) is 9.18 Å². The number of nitrogens with one attached hydrogen (secondary N) is 1. The van der Waals surface area contributed by atoms with Crippen LogP contribution in [0.4, 0.5) is 8.78 Å². The Morgan fingerprint density at radius 1 is 1.16 bits per heavy atom. The summed E-state index contributed by atoms with van der Waals surface area (Å²) in [6.45, 7) is 4.52. The molecule has 10 heteroatoms. The fraction of sp³-hybridized carbons (Fsp3) is 0.303. The number of benzene rings is 2. The van der Waals surface area contributed by atoms with Gasteiger partial charge in [0.05, 0.1) is 35.3 Å². The number of thiophene rings is 1. The van der Waals surface area contributed by atoms with Crippen molar-refractivity contribution >= 4 is 38.2 Å². The standard InChI is InChI=1S/C33H30F2N4O3S/c1-4-26(40)36-18-32-15-33(16-32,17-32)31-28(27-23(35)12-21(34)13-25(27)42-9-8-41-3)30-22(7-10-43-30)29(38-31)19-5-6-24-20(11-19)14-37-39(24)2/h4-7,10-14H,1,8-9,15-18H2,2-3H3,(H,36,40). The summed E-state index contributed by atoms with van der Waals surface area (Å²) in [4.78, 5) is 17.2. The first kappa shape index (κ1) is 27.7. The van der Waals surface area contributed by atoms with Gasteiger partial charge in [0.15, 0.2) is 0 Å². The van der Waals surface area contributed by atoms with Gasteiger partial charge in [0.1, 0.15) is 24.0 Å². The van der Waals surface area contributed by atoms with Crippen LogP contribution in [0.2, 0.25) is 0 Å². The van der Waals surface area contributed by atoms with Crippen LogP contribution in [0.15, 0.2) is 60.6 Å². The summed E-state index contributed by atoms with van der Waals surface area (Å²) < 4.78 is 44.2. The fourth-order valence-electron chi connectivity index (χ4n) is 7.10. The van der Waals surface area contributed by atoms with Gasteiger partial charge in [0.2, 0.25) is 5.91 Å². The number of carbonyl (C=O) groups excluding carboxylic acids is 1. The van der Waals surface area contributed by atoms with Gasteiger partial charge in [-0.2, -0.15) is 5.10 Å². The molecule has 0 atom stereocenters. The largest absolute Gasteiger partial charge is 0.490 e. The van der Waals surface area contributed by atoms with Crippen LogP contribution in [-0.2, 0) is 22.0 Å². The summed E-state index contributed by atoms with van der Waals surface area (Å²) in [5, 5.41) is 11.2. The number of fused-ring (bicyclic) bond motifs is 2. The molecule has 1 amide bonds. The molecule has 0 radical (unpaired) electrons. The number of methoxy groups -OCH3 is 1. The average Bonchev–Trinajstić information content (AvgIpc) is 3.58. The first-order valence-corrected chi connectivity index (χ1v) is 15.0. The third-order valence-corrected chi connectivity index (χ3v) is 9.84. The van der Waals surface area contributed by atoms with E-state index in [-0.39, 0.29) is 41.3 Å².